The van der Waals surface area contributed by atoms with Gasteiger partial charge >= 0.3 is 0 Å². The first-order valence-electron chi connectivity index (χ1n) is 9.79. The first-order chi connectivity index (χ1) is 13.6. The Bertz CT molecular complexity index is 796. The van der Waals surface area contributed by atoms with E-state index in [1.807, 2.05) is 65.6 Å². The van der Waals surface area contributed by atoms with Crippen LogP contribution in [0.4, 0.5) is 0 Å². The van der Waals surface area contributed by atoms with Crippen molar-refractivity contribution in [2.45, 2.75) is 30.0 Å². The topological polar surface area (TPSA) is 47.3 Å². The number of carbonyl (C=O) groups is 1. The summed E-state index contributed by atoms with van der Waals surface area (Å²) in [6.07, 6.45) is 0. The van der Waals surface area contributed by atoms with Gasteiger partial charge in [-0.15, -0.1) is 11.8 Å². The Balaban J connectivity index is 1.73. The number of hydrogen-bond donors (Lipinski definition) is 0. The molecule has 0 bridgehead atoms. The first kappa shape index (κ1) is 20.4. The molecule has 0 N–H and O–H groups in total. The van der Waals surface area contributed by atoms with Crippen LogP contribution in [0.5, 0.6) is 0 Å². The third kappa shape index (κ3) is 4.95. The molecule has 0 saturated carbocycles. The molecule has 1 aliphatic heterocycles. The molecule has 2 atom stereocenters. The fourth-order valence-corrected chi connectivity index (χ4v) is 4.69. The minimum atomic E-state index is -0.257. The van der Waals surface area contributed by atoms with Gasteiger partial charge in [-0.05, 0) is 23.6 Å². The predicted molar refractivity (Wildman–Crippen MR) is 114 cm³/mol. The molecule has 0 spiro atoms. The van der Waals surface area contributed by atoms with Crippen LogP contribution >= 0.6 is 11.8 Å². The minimum Gasteiger partial charge on any atom is -0.339 e. The number of amides is 1. The maximum absolute atomic E-state index is 13.4. The third-order valence-corrected chi connectivity index (χ3v) is 6.36. The molecular formula is C23H27N3OS. The molecule has 1 heterocycles. The van der Waals surface area contributed by atoms with Crippen molar-refractivity contribution in [1.29, 1.82) is 5.26 Å². The molecule has 1 saturated heterocycles. The van der Waals surface area contributed by atoms with E-state index in [0.29, 0.717) is 13.1 Å². The van der Waals surface area contributed by atoms with Crippen LogP contribution in [0.15, 0.2) is 65.6 Å². The molecule has 2 unspecified atom stereocenters. The van der Waals surface area contributed by atoms with Crippen LogP contribution in [0.3, 0.4) is 0 Å². The second-order valence-corrected chi connectivity index (χ2v) is 8.58. The van der Waals surface area contributed by atoms with Gasteiger partial charge in [0.2, 0.25) is 5.91 Å². The van der Waals surface area contributed by atoms with E-state index in [2.05, 4.69) is 24.8 Å². The lowest BCUT2D eigenvalue weighted by Gasteiger charge is -2.39. The summed E-state index contributed by atoms with van der Waals surface area (Å²) in [5.74, 6) is 0.440. The number of carbonyl (C=O) groups excluding carboxylic acids is 1. The van der Waals surface area contributed by atoms with Gasteiger partial charge in [0.05, 0.1) is 6.07 Å². The van der Waals surface area contributed by atoms with E-state index in [9.17, 15) is 10.1 Å². The molecule has 1 fully saturated rings. The number of nitrogens with zero attached hydrogens (tertiary/aromatic N) is 3. The number of thioether (sulfide) groups is 1. The van der Waals surface area contributed by atoms with Crippen LogP contribution < -0.4 is 0 Å². The van der Waals surface area contributed by atoms with E-state index < -0.39 is 0 Å². The van der Waals surface area contributed by atoms with Crippen molar-refractivity contribution in [3.63, 3.8) is 0 Å². The summed E-state index contributed by atoms with van der Waals surface area (Å²) in [6.45, 7) is 6.99. The highest BCUT2D eigenvalue weighted by atomic mass is 32.2. The molecule has 28 heavy (non-hydrogen) atoms. The zero-order valence-corrected chi connectivity index (χ0v) is 17.3. The summed E-state index contributed by atoms with van der Waals surface area (Å²) < 4.78 is 0. The predicted octanol–water partition coefficient (Wildman–Crippen LogP) is 4.21. The van der Waals surface area contributed by atoms with E-state index in [0.717, 1.165) is 23.5 Å². The maximum Gasteiger partial charge on any atom is 0.240 e. The van der Waals surface area contributed by atoms with Gasteiger partial charge in [0.25, 0.3) is 0 Å². The lowest BCUT2D eigenvalue weighted by molar-refractivity contribution is -0.132. The van der Waals surface area contributed by atoms with Crippen LogP contribution in [0, 0.1) is 17.2 Å². The Morgan fingerprint density at radius 2 is 1.54 bits per heavy atom. The normalized spacial score (nSPS) is 17.1. The highest BCUT2D eigenvalue weighted by Gasteiger charge is 2.32. The summed E-state index contributed by atoms with van der Waals surface area (Å²) in [6, 6.07) is 22.4. The van der Waals surface area contributed by atoms with Gasteiger partial charge in [0.15, 0.2) is 0 Å². The lowest BCUT2D eigenvalue weighted by Crippen LogP contribution is -2.53. The Hall–Kier alpha value is -2.29. The second kappa shape index (κ2) is 9.77. The highest BCUT2D eigenvalue weighted by molar-refractivity contribution is 8.00. The summed E-state index contributed by atoms with van der Waals surface area (Å²) >= 11 is 1.60. The van der Waals surface area contributed by atoms with Crippen LogP contribution in [0.25, 0.3) is 0 Å². The minimum absolute atomic E-state index is 0.0825. The average Bonchev–Trinajstić information content (AvgIpc) is 2.74. The lowest BCUT2D eigenvalue weighted by atomic mass is 10.0. The molecule has 0 radical (unpaired) electrons. The van der Waals surface area contributed by atoms with Gasteiger partial charge in [-0.25, -0.2) is 0 Å². The number of piperazine rings is 1. The highest BCUT2D eigenvalue weighted by Crippen LogP contribution is 2.36. The fraction of sp³-hybridized carbons (Fsp3) is 0.391. The summed E-state index contributed by atoms with van der Waals surface area (Å²) in [5, 5.41) is 9.19. The molecule has 2 aromatic carbocycles. The Morgan fingerprint density at radius 1 is 0.964 bits per heavy atom. The quantitative estimate of drug-likeness (QED) is 0.690. The van der Waals surface area contributed by atoms with Crippen molar-refractivity contribution in [2.75, 3.05) is 26.2 Å². The van der Waals surface area contributed by atoms with Crippen LogP contribution in [0.1, 0.15) is 24.7 Å². The molecule has 146 valence electrons. The van der Waals surface area contributed by atoms with Crippen molar-refractivity contribution >= 4 is 17.7 Å². The smallest absolute Gasteiger partial charge is 0.240 e. The van der Waals surface area contributed by atoms with E-state index in [-0.39, 0.29) is 23.1 Å². The third-order valence-electron chi connectivity index (χ3n) is 5.11. The van der Waals surface area contributed by atoms with Gasteiger partial charge in [-0.3, -0.25) is 9.69 Å². The largest absolute Gasteiger partial charge is 0.339 e. The molecule has 0 aliphatic carbocycles. The number of hydrogen-bond acceptors (Lipinski definition) is 4. The standard InChI is InChI=1S/C23H27N3OS/c1-18(2)21(17-24)25-13-15-26(16-14-25)23(27)22(19-9-5-3-6-10-19)28-20-11-7-4-8-12-20/h3-12,18,21-22H,13-16H2,1-2H3. The SMILES string of the molecule is CC(C)C(C#N)N1CCN(C(=O)C(Sc2ccccc2)c2ccccc2)CC1. The molecular weight excluding hydrogens is 366 g/mol. The number of nitriles is 1. The Labute approximate surface area is 172 Å². The molecule has 1 aliphatic rings. The molecule has 4 nitrogen and oxygen atoms in total. The average molecular weight is 394 g/mol. The van der Waals surface area contributed by atoms with Crippen molar-refractivity contribution < 1.29 is 4.79 Å². The van der Waals surface area contributed by atoms with Crippen molar-refractivity contribution in [1.82, 2.24) is 9.80 Å². The van der Waals surface area contributed by atoms with E-state index in [4.69, 9.17) is 0 Å². The fourth-order valence-electron chi connectivity index (χ4n) is 3.56. The second-order valence-electron chi connectivity index (χ2n) is 7.40. The van der Waals surface area contributed by atoms with Crippen LogP contribution in [0.2, 0.25) is 0 Å². The first-order valence-corrected chi connectivity index (χ1v) is 10.7. The van der Waals surface area contributed by atoms with Crippen LogP contribution in [-0.4, -0.2) is 47.9 Å². The van der Waals surface area contributed by atoms with E-state index >= 15 is 0 Å². The van der Waals surface area contributed by atoms with Gasteiger partial charge in [-0.1, -0.05) is 62.4 Å². The van der Waals surface area contributed by atoms with E-state index in [1.54, 1.807) is 11.8 Å². The zero-order chi connectivity index (χ0) is 19.9. The van der Waals surface area contributed by atoms with Crippen LogP contribution in [-0.2, 0) is 4.79 Å². The molecule has 0 aromatic heterocycles. The molecule has 3 rings (SSSR count). The van der Waals surface area contributed by atoms with Gasteiger partial charge in [0, 0.05) is 31.1 Å². The van der Waals surface area contributed by atoms with Gasteiger partial charge < -0.3 is 4.90 Å². The number of rotatable bonds is 6. The van der Waals surface area contributed by atoms with Crippen molar-refractivity contribution in [3.8, 4) is 6.07 Å². The zero-order valence-electron chi connectivity index (χ0n) is 16.5. The molecule has 1 amide bonds. The van der Waals surface area contributed by atoms with Gasteiger partial charge in [0.1, 0.15) is 11.3 Å². The molecule has 5 heteroatoms. The number of benzene rings is 2. The summed E-state index contributed by atoms with van der Waals surface area (Å²) in [4.78, 5) is 18.7. The summed E-state index contributed by atoms with van der Waals surface area (Å²) in [7, 11) is 0. The Morgan fingerprint density at radius 3 is 2.07 bits per heavy atom. The monoisotopic (exact) mass is 393 g/mol. The maximum atomic E-state index is 13.4. The van der Waals surface area contributed by atoms with Gasteiger partial charge in [-0.2, -0.15) is 5.26 Å². The van der Waals surface area contributed by atoms with Crippen molar-refractivity contribution in [3.05, 3.63) is 66.2 Å². The van der Waals surface area contributed by atoms with E-state index in [1.165, 1.54) is 0 Å². The summed E-state index contributed by atoms with van der Waals surface area (Å²) in [5.41, 5.74) is 1.03. The van der Waals surface area contributed by atoms with Crippen molar-refractivity contribution in [2.24, 2.45) is 5.92 Å². The molecule has 2 aromatic rings. The Kier molecular flexibility index (Phi) is 7.13.